The van der Waals surface area contributed by atoms with E-state index >= 15 is 0 Å². The van der Waals surface area contributed by atoms with Crippen molar-refractivity contribution in [3.63, 3.8) is 0 Å². The third-order valence-electron chi connectivity index (χ3n) is 4.72. The highest BCUT2D eigenvalue weighted by atomic mass is 32.1. The van der Waals surface area contributed by atoms with Crippen LogP contribution in [0.3, 0.4) is 0 Å². The van der Waals surface area contributed by atoms with Gasteiger partial charge in [0.05, 0.1) is 0 Å². The van der Waals surface area contributed by atoms with E-state index in [0.717, 1.165) is 5.56 Å². The number of carboxylic acid groups (broad SMARTS) is 1. The minimum absolute atomic E-state index is 0.143. The summed E-state index contributed by atoms with van der Waals surface area (Å²) in [6.07, 6.45) is 0.922. The van der Waals surface area contributed by atoms with E-state index in [4.69, 9.17) is 5.73 Å². The number of carboxylic acids is 1. The van der Waals surface area contributed by atoms with Crippen LogP contribution in [-0.2, 0) is 20.8 Å². The molecular formula is C19H27N3O4S. The van der Waals surface area contributed by atoms with E-state index in [1.165, 1.54) is 4.90 Å². The Labute approximate surface area is 164 Å². The van der Waals surface area contributed by atoms with Crippen LogP contribution in [0, 0.1) is 5.92 Å². The second-order valence-corrected chi connectivity index (χ2v) is 7.45. The van der Waals surface area contributed by atoms with Crippen molar-refractivity contribution in [1.29, 1.82) is 0 Å². The Kier molecular flexibility index (Phi) is 7.67. The van der Waals surface area contributed by atoms with Gasteiger partial charge in [0, 0.05) is 43.1 Å². The first-order valence-corrected chi connectivity index (χ1v) is 9.68. The lowest BCUT2D eigenvalue weighted by Gasteiger charge is -2.24. The number of benzene rings is 1. The minimum atomic E-state index is -1.06. The molecule has 0 bridgehead atoms. The lowest BCUT2D eigenvalue weighted by molar-refractivity contribution is -0.149. The maximum Gasteiger partial charge on any atom is 0.326 e. The van der Waals surface area contributed by atoms with Gasteiger partial charge in [0.25, 0.3) is 0 Å². The molecule has 4 N–H and O–H groups in total. The molecule has 7 nitrogen and oxygen atoms in total. The fraction of sp³-hybridized carbons (Fsp3) is 0.526. The molecule has 1 aliphatic rings. The molecule has 0 saturated carbocycles. The SMILES string of the molecule is CC(CS)C(=O)N1CC(NC(=O)CC(N)Cc2ccccc2)CC1C(=O)O. The van der Waals surface area contributed by atoms with Gasteiger partial charge >= 0.3 is 5.97 Å². The molecule has 1 aromatic carbocycles. The number of rotatable bonds is 8. The van der Waals surface area contributed by atoms with Gasteiger partial charge in [-0.05, 0) is 12.0 Å². The summed E-state index contributed by atoms with van der Waals surface area (Å²) in [5.74, 6) is -1.58. The fourth-order valence-electron chi connectivity index (χ4n) is 3.29. The lowest BCUT2D eigenvalue weighted by Crippen LogP contribution is -2.44. The highest BCUT2D eigenvalue weighted by Crippen LogP contribution is 2.21. The Morgan fingerprint density at radius 2 is 2.00 bits per heavy atom. The smallest absolute Gasteiger partial charge is 0.326 e. The zero-order valence-corrected chi connectivity index (χ0v) is 16.3. The summed E-state index contributed by atoms with van der Waals surface area (Å²) in [5.41, 5.74) is 7.12. The molecule has 2 rings (SSSR count). The van der Waals surface area contributed by atoms with Crippen LogP contribution < -0.4 is 11.1 Å². The lowest BCUT2D eigenvalue weighted by atomic mass is 10.0. The molecule has 27 heavy (non-hydrogen) atoms. The van der Waals surface area contributed by atoms with E-state index in [9.17, 15) is 19.5 Å². The summed E-state index contributed by atoms with van der Waals surface area (Å²) >= 11 is 4.11. The molecule has 1 aromatic rings. The van der Waals surface area contributed by atoms with Crippen LogP contribution in [0.1, 0.15) is 25.3 Å². The predicted molar refractivity (Wildman–Crippen MR) is 105 cm³/mol. The van der Waals surface area contributed by atoms with Crippen LogP contribution in [0.15, 0.2) is 30.3 Å². The maximum absolute atomic E-state index is 12.4. The van der Waals surface area contributed by atoms with E-state index in [2.05, 4.69) is 17.9 Å². The van der Waals surface area contributed by atoms with E-state index < -0.39 is 18.1 Å². The Hall–Kier alpha value is -2.06. The standard InChI is InChI=1S/C19H27N3O4S/c1-12(11-27)18(24)22-10-15(9-16(22)19(25)26)21-17(23)8-14(20)7-13-5-3-2-4-6-13/h2-6,12,14-16,27H,7-11,20H2,1H3,(H,21,23)(H,25,26). The first-order valence-electron chi connectivity index (χ1n) is 9.04. The fourth-order valence-corrected chi connectivity index (χ4v) is 3.45. The number of likely N-dealkylation sites (tertiary alicyclic amines) is 1. The summed E-state index contributed by atoms with van der Waals surface area (Å²) in [6.45, 7) is 1.90. The van der Waals surface area contributed by atoms with Crippen LogP contribution in [0.25, 0.3) is 0 Å². The molecule has 8 heteroatoms. The Bertz CT molecular complexity index is 670. The van der Waals surface area contributed by atoms with E-state index in [-0.39, 0.29) is 43.2 Å². The monoisotopic (exact) mass is 393 g/mol. The topological polar surface area (TPSA) is 113 Å². The quantitative estimate of drug-likeness (QED) is 0.485. The molecule has 1 aliphatic heterocycles. The van der Waals surface area contributed by atoms with Crippen LogP contribution in [0.5, 0.6) is 0 Å². The van der Waals surface area contributed by atoms with Gasteiger partial charge in [-0.3, -0.25) is 9.59 Å². The van der Waals surface area contributed by atoms with Gasteiger partial charge in [-0.2, -0.15) is 12.6 Å². The number of thiol groups is 1. The van der Waals surface area contributed by atoms with E-state index in [1.807, 2.05) is 30.3 Å². The molecule has 148 valence electrons. The number of amides is 2. The Morgan fingerprint density at radius 1 is 1.33 bits per heavy atom. The van der Waals surface area contributed by atoms with Crippen molar-refractivity contribution in [3.05, 3.63) is 35.9 Å². The Balaban J connectivity index is 1.89. The number of hydrogen-bond acceptors (Lipinski definition) is 5. The second-order valence-electron chi connectivity index (χ2n) is 7.08. The molecule has 1 heterocycles. The van der Waals surface area contributed by atoms with E-state index in [1.54, 1.807) is 6.92 Å². The molecule has 0 spiro atoms. The predicted octanol–water partition coefficient (Wildman–Crippen LogP) is 0.683. The van der Waals surface area contributed by atoms with Gasteiger partial charge in [-0.1, -0.05) is 37.3 Å². The summed E-state index contributed by atoms with van der Waals surface area (Å²) in [6, 6.07) is 8.03. The molecule has 0 aliphatic carbocycles. The highest BCUT2D eigenvalue weighted by Gasteiger charge is 2.41. The summed E-state index contributed by atoms with van der Waals surface area (Å²) in [4.78, 5) is 37.5. The first kappa shape index (κ1) is 21.2. The zero-order valence-electron chi connectivity index (χ0n) is 15.4. The zero-order chi connectivity index (χ0) is 20.0. The number of carbonyl (C=O) groups is 3. The molecule has 4 unspecified atom stereocenters. The van der Waals surface area contributed by atoms with Crippen molar-refractivity contribution >= 4 is 30.4 Å². The molecule has 4 atom stereocenters. The van der Waals surface area contributed by atoms with Gasteiger partial charge in [-0.25, -0.2) is 4.79 Å². The molecular weight excluding hydrogens is 366 g/mol. The summed E-state index contributed by atoms with van der Waals surface area (Å²) in [5, 5.41) is 12.2. The van der Waals surface area contributed by atoms with Crippen molar-refractivity contribution in [3.8, 4) is 0 Å². The van der Waals surface area contributed by atoms with Gasteiger partial charge in [0.15, 0.2) is 0 Å². The van der Waals surface area contributed by atoms with Crippen LogP contribution in [-0.4, -0.2) is 58.2 Å². The van der Waals surface area contributed by atoms with Gasteiger partial charge < -0.3 is 21.1 Å². The van der Waals surface area contributed by atoms with Gasteiger partial charge in [0.1, 0.15) is 6.04 Å². The van der Waals surface area contributed by atoms with E-state index in [0.29, 0.717) is 12.2 Å². The number of nitrogens with one attached hydrogen (secondary N) is 1. The normalized spacial score (nSPS) is 21.5. The minimum Gasteiger partial charge on any atom is -0.480 e. The Morgan fingerprint density at radius 3 is 2.59 bits per heavy atom. The maximum atomic E-state index is 12.4. The van der Waals surface area contributed by atoms with Crippen LogP contribution in [0.2, 0.25) is 0 Å². The average Bonchev–Trinajstić information content (AvgIpc) is 3.04. The van der Waals surface area contributed by atoms with Crippen molar-refractivity contribution < 1.29 is 19.5 Å². The van der Waals surface area contributed by atoms with Gasteiger partial charge in [-0.15, -0.1) is 0 Å². The molecule has 1 saturated heterocycles. The largest absolute Gasteiger partial charge is 0.480 e. The third kappa shape index (κ3) is 5.97. The number of aliphatic carboxylic acids is 1. The summed E-state index contributed by atoms with van der Waals surface area (Å²) in [7, 11) is 0. The second kappa shape index (κ2) is 9.75. The molecule has 2 amide bonds. The number of nitrogens with two attached hydrogens (primary N) is 1. The van der Waals surface area contributed by atoms with Crippen molar-refractivity contribution in [1.82, 2.24) is 10.2 Å². The van der Waals surface area contributed by atoms with Crippen molar-refractivity contribution in [2.24, 2.45) is 11.7 Å². The van der Waals surface area contributed by atoms with Crippen molar-refractivity contribution in [2.45, 2.75) is 44.3 Å². The van der Waals surface area contributed by atoms with Crippen LogP contribution in [0.4, 0.5) is 0 Å². The number of nitrogens with zero attached hydrogens (tertiary/aromatic N) is 1. The molecule has 0 radical (unpaired) electrons. The average molecular weight is 394 g/mol. The highest BCUT2D eigenvalue weighted by molar-refractivity contribution is 7.80. The molecule has 1 fully saturated rings. The van der Waals surface area contributed by atoms with Crippen molar-refractivity contribution in [2.75, 3.05) is 12.3 Å². The number of hydrogen-bond donors (Lipinski definition) is 4. The summed E-state index contributed by atoms with van der Waals surface area (Å²) < 4.78 is 0. The van der Waals surface area contributed by atoms with Gasteiger partial charge in [0.2, 0.25) is 11.8 Å². The molecule has 0 aromatic heterocycles. The van der Waals surface area contributed by atoms with Crippen LogP contribution >= 0.6 is 12.6 Å². The third-order valence-corrected chi connectivity index (χ3v) is 5.27. The first-order chi connectivity index (χ1) is 12.8. The number of carbonyl (C=O) groups excluding carboxylic acids is 2.